The minimum Gasteiger partial charge on any atom is -0.465 e. The smallest absolute Gasteiger partial charge is 0.387 e. The van der Waals surface area contributed by atoms with Crippen molar-refractivity contribution < 1.29 is 27.8 Å². The Morgan fingerprint density at radius 1 is 1.33 bits per heavy atom. The van der Waals surface area contributed by atoms with Gasteiger partial charge in [0.25, 0.3) is 5.91 Å². The Labute approximate surface area is 159 Å². The lowest BCUT2D eigenvalue weighted by Gasteiger charge is -2.18. The van der Waals surface area contributed by atoms with Gasteiger partial charge in [-0.2, -0.15) is 8.78 Å². The molecule has 0 aliphatic heterocycles. The van der Waals surface area contributed by atoms with Gasteiger partial charge in [-0.25, -0.2) is 4.79 Å². The molecule has 1 N–H and O–H groups in total. The van der Waals surface area contributed by atoms with E-state index in [-0.39, 0.29) is 11.3 Å². The molecule has 1 atom stereocenters. The lowest BCUT2D eigenvalue weighted by Crippen LogP contribution is -2.16. The number of benzene rings is 1. The monoisotopic (exact) mass is 395 g/mol. The SMILES string of the molecule is COC(=O)c1c(NC(=O)c2cccc(OC(F)F)c2)sc2c1CC[C@H](C)C2. The Morgan fingerprint density at radius 3 is 2.81 bits per heavy atom. The molecular formula is C19H19F2NO4S. The molecule has 0 bridgehead atoms. The van der Waals surface area contributed by atoms with E-state index in [0.29, 0.717) is 16.5 Å². The lowest BCUT2D eigenvalue weighted by atomic mass is 9.88. The first-order chi connectivity index (χ1) is 12.9. The quantitative estimate of drug-likeness (QED) is 0.757. The van der Waals surface area contributed by atoms with E-state index >= 15 is 0 Å². The molecular weight excluding hydrogens is 376 g/mol. The third-order valence-corrected chi connectivity index (χ3v) is 5.62. The first-order valence-corrected chi connectivity index (χ1v) is 9.29. The van der Waals surface area contributed by atoms with Crippen molar-refractivity contribution in [3.8, 4) is 5.75 Å². The predicted octanol–water partition coefficient (Wildman–Crippen LogP) is 4.51. The molecule has 8 heteroatoms. The van der Waals surface area contributed by atoms with Crippen molar-refractivity contribution in [2.45, 2.75) is 32.8 Å². The zero-order valence-corrected chi connectivity index (χ0v) is 15.7. The highest BCUT2D eigenvalue weighted by molar-refractivity contribution is 7.17. The molecule has 1 aromatic carbocycles. The van der Waals surface area contributed by atoms with Crippen LogP contribution in [0.2, 0.25) is 0 Å². The van der Waals surface area contributed by atoms with Gasteiger partial charge in [0.05, 0.1) is 12.7 Å². The van der Waals surface area contributed by atoms with E-state index in [9.17, 15) is 18.4 Å². The maximum Gasteiger partial charge on any atom is 0.387 e. The summed E-state index contributed by atoms with van der Waals surface area (Å²) in [4.78, 5) is 25.9. The minimum atomic E-state index is -2.97. The number of hydrogen-bond acceptors (Lipinski definition) is 5. The van der Waals surface area contributed by atoms with Gasteiger partial charge in [0, 0.05) is 10.4 Å². The summed E-state index contributed by atoms with van der Waals surface area (Å²) in [6, 6.07) is 5.51. The number of esters is 1. The van der Waals surface area contributed by atoms with E-state index in [4.69, 9.17) is 4.74 Å². The fourth-order valence-corrected chi connectivity index (χ4v) is 4.54. The van der Waals surface area contributed by atoms with Gasteiger partial charge >= 0.3 is 12.6 Å². The van der Waals surface area contributed by atoms with Crippen LogP contribution in [0.3, 0.4) is 0 Å². The summed E-state index contributed by atoms with van der Waals surface area (Å²) < 4.78 is 34.0. The predicted molar refractivity (Wildman–Crippen MR) is 97.9 cm³/mol. The average Bonchev–Trinajstić information content (AvgIpc) is 2.97. The second-order valence-corrected chi connectivity index (χ2v) is 7.51. The second kappa shape index (κ2) is 8.04. The fraction of sp³-hybridized carbons (Fsp3) is 0.368. The normalized spacial score (nSPS) is 16.0. The molecule has 1 amide bonds. The topological polar surface area (TPSA) is 64.6 Å². The van der Waals surface area contributed by atoms with Crippen molar-refractivity contribution in [3.05, 3.63) is 45.8 Å². The highest BCUT2D eigenvalue weighted by Crippen LogP contribution is 2.40. The van der Waals surface area contributed by atoms with Crippen LogP contribution in [0.4, 0.5) is 13.8 Å². The number of hydrogen-bond donors (Lipinski definition) is 1. The molecule has 1 aromatic heterocycles. The Bertz CT molecular complexity index is 865. The molecule has 0 saturated carbocycles. The number of methoxy groups -OCH3 is 1. The van der Waals surface area contributed by atoms with Gasteiger partial charge < -0.3 is 14.8 Å². The van der Waals surface area contributed by atoms with Gasteiger partial charge in [0.1, 0.15) is 10.8 Å². The zero-order chi connectivity index (χ0) is 19.6. The maximum absolute atomic E-state index is 12.6. The summed E-state index contributed by atoms with van der Waals surface area (Å²) in [5.41, 5.74) is 1.47. The number of rotatable bonds is 5. The highest BCUT2D eigenvalue weighted by Gasteiger charge is 2.29. The van der Waals surface area contributed by atoms with E-state index in [2.05, 4.69) is 17.0 Å². The number of ether oxygens (including phenoxy) is 2. The highest BCUT2D eigenvalue weighted by atomic mass is 32.1. The van der Waals surface area contributed by atoms with E-state index < -0.39 is 18.5 Å². The van der Waals surface area contributed by atoms with Crippen LogP contribution in [0.1, 0.15) is 44.5 Å². The molecule has 1 heterocycles. The fourth-order valence-electron chi connectivity index (χ4n) is 3.15. The number of halogens is 2. The van der Waals surface area contributed by atoms with E-state index in [1.807, 2.05) is 0 Å². The second-order valence-electron chi connectivity index (χ2n) is 6.41. The van der Waals surface area contributed by atoms with E-state index in [1.54, 1.807) is 0 Å². The van der Waals surface area contributed by atoms with Crippen molar-refractivity contribution >= 4 is 28.2 Å². The number of fused-ring (bicyclic) bond motifs is 1. The summed E-state index contributed by atoms with van der Waals surface area (Å²) >= 11 is 1.36. The Balaban J connectivity index is 1.89. The van der Waals surface area contributed by atoms with Crippen LogP contribution in [0.5, 0.6) is 5.75 Å². The molecule has 1 aliphatic rings. The Hall–Kier alpha value is -2.48. The number of anilines is 1. The molecule has 0 fully saturated rings. The van der Waals surface area contributed by atoms with Gasteiger partial charge in [0.2, 0.25) is 0 Å². The summed E-state index contributed by atoms with van der Waals surface area (Å²) in [7, 11) is 1.30. The van der Waals surface area contributed by atoms with Crippen LogP contribution < -0.4 is 10.1 Å². The zero-order valence-electron chi connectivity index (χ0n) is 14.9. The molecule has 27 heavy (non-hydrogen) atoms. The third kappa shape index (κ3) is 4.27. The maximum atomic E-state index is 12.6. The first kappa shape index (κ1) is 19.3. The standard InChI is InChI=1S/C19H19F2NO4S/c1-10-6-7-13-14(8-10)27-17(15(13)18(24)25-2)22-16(23)11-4-3-5-12(9-11)26-19(20)21/h3-5,9-10,19H,6-8H2,1-2H3,(H,22,23)/t10-/m0/s1. The van der Waals surface area contributed by atoms with Crippen LogP contribution in [-0.4, -0.2) is 25.6 Å². The molecule has 1 aliphatic carbocycles. The van der Waals surface area contributed by atoms with Gasteiger partial charge in [-0.3, -0.25) is 4.79 Å². The van der Waals surface area contributed by atoms with Crippen molar-refractivity contribution in [1.82, 2.24) is 0 Å². The molecule has 3 rings (SSSR count). The summed E-state index contributed by atoms with van der Waals surface area (Å²) in [6.45, 7) is -0.826. The van der Waals surface area contributed by atoms with Crippen LogP contribution in [0, 0.1) is 5.92 Å². The first-order valence-electron chi connectivity index (χ1n) is 8.48. The minimum absolute atomic E-state index is 0.106. The molecule has 0 saturated heterocycles. The number of carbonyl (C=O) groups excluding carboxylic acids is 2. The van der Waals surface area contributed by atoms with Crippen molar-refractivity contribution in [2.24, 2.45) is 5.92 Å². The number of alkyl halides is 2. The van der Waals surface area contributed by atoms with Crippen molar-refractivity contribution in [1.29, 1.82) is 0 Å². The number of amides is 1. The summed E-state index contributed by atoms with van der Waals surface area (Å²) in [5.74, 6) is -0.600. The molecule has 5 nitrogen and oxygen atoms in total. The van der Waals surface area contributed by atoms with Gasteiger partial charge in [-0.05, 0) is 48.9 Å². The molecule has 144 valence electrons. The number of nitrogens with one attached hydrogen (secondary N) is 1. The number of thiophene rings is 1. The van der Waals surface area contributed by atoms with Gasteiger partial charge in [-0.1, -0.05) is 13.0 Å². The Kier molecular flexibility index (Phi) is 5.74. The van der Waals surface area contributed by atoms with Crippen molar-refractivity contribution in [2.75, 3.05) is 12.4 Å². The molecule has 0 radical (unpaired) electrons. The summed E-state index contributed by atoms with van der Waals surface area (Å²) in [6.07, 6.45) is 2.57. The molecule has 0 unspecified atom stereocenters. The van der Waals surface area contributed by atoms with Crippen LogP contribution in [0.15, 0.2) is 24.3 Å². The molecule has 2 aromatic rings. The van der Waals surface area contributed by atoms with Crippen LogP contribution in [0.25, 0.3) is 0 Å². The summed E-state index contributed by atoms with van der Waals surface area (Å²) in [5, 5.41) is 3.15. The van der Waals surface area contributed by atoms with Crippen LogP contribution >= 0.6 is 11.3 Å². The van der Waals surface area contributed by atoms with Crippen molar-refractivity contribution in [3.63, 3.8) is 0 Å². The van der Waals surface area contributed by atoms with Crippen LogP contribution in [-0.2, 0) is 17.6 Å². The Morgan fingerprint density at radius 2 is 2.11 bits per heavy atom. The third-order valence-electron chi connectivity index (χ3n) is 4.45. The average molecular weight is 395 g/mol. The van der Waals surface area contributed by atoms with E-state index in [0.717, 1.165) is 29.7 Å². The lowest BCUT2D eigenvalue weighted by molar-refractivity contribution is -0.0498. The molecule has 0 spiro atoms. The number of carbonyl (C=O) groups is 2. The van der Waals surface area contributed by atoms with Gasteiger partial charge in [-0.15, -0.1) is 11.3 Å². The van der Waals surface area contributed by atoms with Gasteiger partial charge in [0.15, 0.2) is 0 Å². The van der Waals surface area contributed by atoms with E-state index in [1.165, 1.54) is 42.7 Å². The largest absolute Gasteiger partial charge is 0.465 e.